The number of rotatable bonds is 3. The minimum atomic E-state index is -3.28. The first-order chi connectivity index (χ1) is 6.01. The summed E-state index contributed by atoms with van der Waals surface area (Å²) in [6, 6.07) is 6.09. The van der Waals surface area contributed by atoms with Gasteiger partial charge in [0.05, 0.1) is 11.9 Å². The number of anilines is 1. The highest BCUT2D eigenvalue weighted by molar-refractivity contribution is 7.92. The fourth-order valence-electron chi connectivity index (χ4n) is 0.860. The van der Waals surface area contributed by atoms with Crippen molar-refractivity contribution in [3.8, 4) is 0 Å². The zero-order chi connectivity index (χ0) is 9.90. The largest absolute Gasteiger partial charge is 0.284 e. The van der Waals surface area contributed by atoms with Gasteiger partial charge >= 0.3 is 0 Å². The maximum absolute atomic E-state index is 10.8. The molecule has 0 heterocycles. The molecular weight excluding hydrogens is 192 g/mol. The summed E-state index contributed by atoms with van der Waals surface area (Å²) < 4.78 is 23.8. The summed E-state index contributed by atoms with van der Waals surface area (Å²) in [5.74, 6) is 0. The summed E-state index contributed by atoms with van der Waals surface area (Å²) in [6.45, 7) is 0. The predicted molar refractivity (Wildman–Crippen MR) is 48.9 cm³/mol. The van der Waals surface area contributed by atoms with E-state index in [1.165, 1.54) is 6.07 Å². The van der Waals surface area contributed by atoms with E-state index in [0.29, 0.717) is 11.4 Å². The van der Waals surface area contributed by atoms with E-state index in [9.17, 15) is 13.3 Å². The van der Waals surface area contributed by atoms with Crippen LogP contribution in [-0.2, 0) is 10.0 Å². The highest BCUT2D eigenvalue weighted by Gasteiger charge is 2.04. The molecule has 1 aromatic carbocycles. The molecule has 1 rings (SSSR count). The molecule has 0 aliphatic rings. The molecule has 0 saturated heterocycles. The fraction of sp³-hybridized carbons (Fsp3) is 0.143. The molecule has 70 valence electrons. The van der Waals surface area contributed by atoms with Crippen molar-refractivity contribution in [1.82, 2.24) is 0 Å². The fourth-order valence-corrected chi connectivity index (χ4v) is 1.42. The topological polar surface area (TPSA) is 77.2 Å². The van der Waals surface area contributed by atoms with Crippen molar-refractivity contribution in [3.05, 3.63) is 29.2 Å². The standard InChI is InChI=1S/C7H8N2O3S/c1-13(11,12)9-7-4-2-3-6(5-7)8-10/h2-5,9H,1H3/p+1. The van der Waals surface area contributed by atoms with Crippen LogP contribution in [0, 0.1) is 4.91 Å². The Kier molecular flexibility index (Phi) is 2.62. The monoisotopic (exact) mass is 201 g/mol. The third kappa shape index (κ3) is 3.20. The van der Waals surface area contributed by atoms with Gasteiger partial charge in [0.15, 0.2) is 0 Å². The Labute approximate surface area is 75.8 Å². The molecule has 0 radical (unpaired) electrons. The quantitative estimate of drug-likeness (QED) is 0.694. The molecule has 0 aromatic heterocycles. The number of hydrogen-bond acceptors (Lipinski definition) is 3. The van der Waals surface area contributed by atoms with Crippen LogP contribution in [0.1, 0.15) is 0 Å². The van der Waals surface area contributed by atoms with Gasteiger partial charge in [0.1, 0.15) is 0 Å². The Morgan fingerprint density at radius 3 is 2.62 bits per heavy atom. The zero-order valence-corrected chi connectivity index (χ0v) is 7.76. The van der Waals surface area contributed by atoms with Crippen LogP contribution < -0.4 is 9.90 Å². The van der Waals surface area contributed by atoms with Gasteiger partial charge in [-0.3, -0.25) is 4.72 Å². The zero-order valence-electron chi connectivity index (χ0n) is 6.94. The predicted octanol–water partition coefficient (Wildman–Crippen LogP) is -0.463. The van der Waals surface area contributed by atoms with Crippen molar-refractivity contribution >= 4 is 21.4 Å². The van der Waals surface area contributed by atoms with Gasteiger partial charge < -0.3 is 0 Å². The minimum Gasteiger partial charge on any atom is -0.284 e. The van der Waals surface area contributed by atoms with E-state index in [-0.39, 0.29) is 0 Å². The first-order valence-corrected chi connectivity index (χ1v) is 5.36. The molecule has 5 nitrogen and oxygen atoms in total. The van der Waals surface area contributed by atoms with Crippen molar-refractivity contribution < 1.29 is 13.6 Å². The van der Waals surface area contributed by atoms with Gasteiger partial charge in [-0.2, -0.15) is 0 Å². The van der Waals surface area contributed by atoms with Crippen molar-refractivity contribution in [2.24, 2.45) is 0 Å². The third-order valence-electron chi connectivity index (χ3n) is 1.28. The van der Waals surface area contributed by atoms with E-state index in [2.05, 4.69) is 4.72 Å². The van der Waals surface area contributed by atoms with Crippen LogP contribution >= 0.6 is 0 Å². The van der Waals surface area contributed by atoms with Gasteiger partial charge in [0.25, 0.3) is 5.69 Å². The van der Waals surface area contributed by atoms with Gasteiger partial charge in [-0.25, -0.2) is 8.42 Å². The molecule has 0 unspecified atom stereocenters. The molecule has 0 atom stereocenters. The smallest absolute Gasteiger partial charge is 0.255 e. The van der Waals surface area contributed by atoms with Crippen LogP contribution in [0.15, 0.2) is 24.3 Å². The lowest BCUT2D eigenvalue weighted by Crippen LogP contribution is -2.55. The van der Waals surface area contributed by atoms with Gasteiger partial charge in [-0.1, -0.05) is 6.07 Å². The Bertz CT molecular complexity index is 414. The molecule has 2 N–H and O–H groups in total. The Morgan fingerprint density at radius 1 is 1.38 bits per heavy atom. The summed E-state index contributed by atoms with van der Waals surface area (Å²) in [5, 5.41) is 1.67. The normalized spacial score (nSPS) is 10.8. The lowest BCUT2D eigenvalue weighted by Gasteiger charge is -2.00. The summed E-state index contributed by atoms with van der Waals surface area (Å²) in [6.07, 6.45) is 1.05. The molecule has 13 heavy (non-hydrogen) atoms. The second-order valence-corrected chi connectivity index (χ2v) is 4.31. The molecule has 0 aliphatic carbocycles. The molecule has 0 amide bonds. The Balaban J connectivity index is 2.96. The first kappa shape index (κ1) is 9.66. The van der Waals surface area contributed by atoms with Crippen LogP contribution in [0.2, 0.25) is 0 Å². The molecular formula is C7H9N2O3S+. The van der Waals surface area contributed by atoms with Gasteiger partial charge in [-0.05, 0) is 6.07 Å². The maximum atomic E-state index is 10.8. The second-order valence-electron chi connectivity index (χ2n) is 2.56. The average molecular weight is 201 g/mol. The SMILES string of the molecule is CS(=O)(=O)Nc1cccc([NH+]=O)c1. The lowest BCUT2D eigenvalue weighted by molar-refractivity contribution is -0.379. The number of benzene rings is 1. The Morgan fingerprint density at radius 2 is 2.08 bits per heavy atom. The maximum Gasteiger partial charge on any atom is 0.255 e. The van der Waals surface area contributed by atoms with Gasteiger partial charge in [-0.15, -0.1) is 0 Å². The summed E-state index contributed by atoms with van der Waals surface area (Å²) >= 11 is 0. The Hall–Kier alpha value is -1.43. The van der Waals surface area contributed by atoms with E-state index < -0.39 is 10.0 Å². The first-order valence-electron chi connectivity index (χ1n) is 3.47. The van der Waals surface area contributed by atoms with Crippen molar-refractivity contribution in [1.29, 1.82) is 0 Å². The number of hydrogen-bond donors (Lipinski definition) is 2. The van der Waals surface area contributed by atoms with E-state index in [0.717, 1.165) is 6.26 Å². The van der Waals surface area contributed by atoms with Crippen molar-refractivity contribution in [2.45, 2.75) is 0 Å². The summed E-state index contributed by atoms with van der Waals surface area (Å²) in [7, 11) is -3.28. The van der Waals surface area contributed by atoms with Crippen LogP contribution in [0.25, 0.3) is 0 Å². The van der Waals surface area contributed by atoms with Crippen molar-refractivity contribution in [3.63, 3.8) is 0 Å². The molecule has 0 aliphatic heterocycles. The number of sulfonamides is 1. The van der Waals surface area contributed by atoms with Crippen molar-refractivity contribution in [2.75, 3.05) is 11.0 Å². The van der Waals surface area contributed by atoms with Gasteiger partial charge in [0, 0.05) is 22.2 Å². The van der Waals surface area contributed by atoms with E-state index >= 15 is 0 Å². The molecule has 0 saturated carbocycles. The molecule has 6 heteroatoms. The number of nitroso groups, excluding NO2 is 1. The van der Waals surface area contributed by atoms with Gasteiger partial charge in [0.2, 0.25) is 10.0 Å². The number of nitrogens with one attached hydrogen (secondary N) is 2. The van der Waals surface area contributed by atoms with Crippen LogP contribution in [0.5, 0.6) is 0 Å². The minimum absolute atomic E-state index is 0.314. The van der Waals surface area contributed by atoms with E-state index in [1.54, 1.807) is 23.4 Å². The molecule has 0 fully saturated rings. The summed E-state index contributed by atoms with van der Waals surface area (Å²) in [5.41, 5.74) is 0.678. The molecule has 0 bridgehead atoms. The lowest BCUT2D eigenvalue weighted by atomic mass is 10.3. The van der Waals surface area contributed by atoms with Crippen LogP contribution in [0.4, 0.5) is 11.4 Å². The molecule has 0 spiro atoms. The van der Waals surface area contributed by atoms with E-state index in [1.807, 2.05) is 0 Å². The van der Waals surface area contributed by atoms with Crippen LogP contribution in [0.3, 0.4) is 0 Å². The van der Waals surface area contributed by atoms with E-state index in [4.69, 9.17) is 0 Å². The highest BCUT2D eigenvalue weighted by Crippen LogP contribution is 2.11. The second kappa shape index (κ2) is 3.53. The third-order valence-corrected chi connectivity index (χ3v) is 1.89. The summed E-state index contributed by atoms with van der Waals surface area (Å²) in [4.78, 5) is 10.2. The average Bonchev–Trinajstić information content (AvgIpc) is 2.01. The van der Waals surface area contributed by atoms with Crippen LogP contribution in [-0.4, -0.2) is 14.7 Å². The molecule has 1 aromatic rings. The highest BCUT2D eigenvalue weighted by atomic mass is 32.2.